The number of carbonyl (C=O) groups excluding carboxylic acids is 1. The van der Waals surface area contributed by atoms with Gasteiger partial charge in [0.25, 0.3) is 5.91 Å². The van der Waals surface area contributed by atoms with Crippen molar-refractivity contribution in [1.82, 2.24) is 9.80 Å². The lowest BCUT2D eigenvalue weighted by atomic mass is 9.89. The summed E-state index contributed by atoms with van der Waals surface area (Å²) in [6.45, 7) is 9.79. The Morgan fingerprint density at radius 3 is 2.43 bits per heavy atom. The molecule has 2 heterocycles. The minimum atomic E-state index is -0.351. The minimum absolute atomic E-state index is 0.0583. The fraction of sp³-hybridized carbons (Fsp3) is 0.667. The number of amides is 1. The molecule has 1 atom stereocenters. The number of aliphatic hydroxyl groups is 1. The van der Waals surface area contributed by atoms with Crippen LogP contribution in [0.15, 0.2) is 12.1 Å². The summed E-state index contributed by atoms with van der Waals surface area (Å²) in [5.41, 5.74) is -0.110. The molecule has 118 valence electrons. The van der Waals surface area contributed by atoms with Gasteiger partial charge in [-0.25, -0.2) is 0 Å². The first-order chi connectivity index (χ1) is 9.77. The monoisotopic (exact) mass is 330 g/mol. The standard InChI is InChI=1S/C15H23ClN2O2S/c1-15(2,3)12(19)10-17-6-8-18(9-7-17)14(20)11-4-5-13(16)21-11/h4-5,12,19H,6-10H2,1-3H3/t12-/m0/s1. The highest BCUT2D eigenvalue weighted by Gasteiger charge is 2.28. The molecule has 0 saturated carbocycles. The number of β-amino-alcohol motifs (C(OH)–C–C–N with tert-alkyl or cyclic N) is 1. The van der Waals surface area contributed by atoms with Crippen molar-refractivity contribution in [2.24, 2.45) is 5.41 Å². The Kier molecular flexibility index (Phi) is 5.30. The predicted octanol–water partition coefficient (Wildman–Crippen LogP) is 2.57. The Bertz CT molecular complexity index is 490. The largest absolute Gasteiger partial charge is 0.391 e. The zero-order valence-corrected chi connectivity index (χ0v) is 14.4. The van der Waals surface area contributed by atoms with Gasteiger partial charge in [0.05, 0.1) is 15.3 Å². The van der Waals surface area contributed by atoms with Crippen LogP contribution in [0.5, 0.6) is 0 Å². The van der Waals surface area contributed by atoms with E-state index >= 15 is 0 Å². The van der Waals surface area contributed by atoms with E-state index in [0.29, 0.717) is 28.8 Å². The summed E-state index contributed by atoms with van der Waals surface area (Å²) in [4.78, 5) is 17.1. The topological polar surface area (TPSA) is 43.8 Å². The van der Waals surface area contributed by atoms with Gasteiger partial charge in [0, 0.05) is 32.7 Å². The van der Waals surface area contributed by atoms with Crippen molar-refractivity contribution in [2.45, 2.75) is 26.9 Å². The van der Waals surface area contributed by atoms with E-state index in [4.69, 9.17) is 11.6 Å². The van der Waals surface area contributed by atoms with Gasteiger partial charge >= 0.3 is 0 Å². The van der Waals surface area contributed by atoms with E-state index in [-0.39, 0.29) is 17.4 Å². The summed E-state index contributed by atoms with van der Waals surface area (Å²) in [6, 6.07) is 3.54. The number of hydrogen-bond acceptors (Lipinski definition) is 4. The Labute approximate surface area is 135 Å². The second-order valence-corrected chi connectivity index (χ2v) is 8.29. The molecule has 1 aliphatic heterocycles. The van der Waals surface area contributed by atoms with Crippen LogP contribution in [0.1, 0.15) is 30.4 Å². The van der Waals surface area contributed by atoms with Crippen LogP contribution in [-0.2, 0) is 0 Å². The second kappa shape index (κ2) is 6.65. The molecule has 21 heavy (non-hydrogen) atoms. The maximum absolute atomic E-state index is 12.3. The molecule has 1 fully saturated rings. The molecule has 0 unspecified atom stereocenters. The number of aliphatic hydroxyl groups excluding tert-OH is 1. The number of rotatable bonds is 3. The van der Waals surface area contributed by atoms with Crippen molar-refractivity contribution in [2.75, 3.05) is 32.7 Å². The average Bonchev–Trinajstić information content (AvgIpc) is 2.84. The van der Waals surface area contributed by atoms with Crippen molar-refractivity contribution in [3.63, 3.8) is 0 Å². The molecule has 1 amide bonds. The van der Waals surface area contributed by atoms with Gasteiger partial charge in [-0.2, -0.15) is 0 Å². The van der Waals surface area contributed by atoms with E-state index in [2.05, 4.69) is 4.90 Å². The van der Waals surface area contributed by atoms with Crippen molar-refractivity contribution in [3.05, 3.63) is 21.3 Å². The molecule has 6 heteroatoms. The summed E-state index contributed by atoms with van der Waals surface area (Å²) >= 11 is 7.20. The van der Waals surface area contributed by atoms with Crippen LogP contribution in [0.3, 0.4) is 0 Å². The van der Waals surface area contributed by atoms with E-state index in [0.717, 1.165) is 13.1 Å². The van der Waals surface area contributed by atoms with Crippen LogP contribution in [0.4, 0.5) is 0 Å². The quantitative estimate of drug-likeness (QED) is 0.926. The molecular weight excluding hydrogens is 308 g/mol. The van der Waals surface area contributed by atoms with E-state index in [9.17, 15) is 9.90 Å². The molecule has 1 N–H and O–H groups in total. The molecule has 0 aliphatic carbocycles. The molecular formula is C15H23ClN2O2S. The lowest BCUT2D eigenvalue weighted by Gasteiger charge is -2.37. The van der Waals surface area contributed by atoms with Gasteiger partial charge in [0.2, 0.25) is 0 Å². The number of nitrogens with zero attached hydrogens (tertiary/aromatic N) is 2. The van der Waals surface area contributed by atoms with Gasteiger partial charge in [0.15, 0.2) is 0 Å². The SMILES string of the molecule is CC(C)(C)[C@@H](O)CN1CCN(C(=O)c2ccc(Cl)s2)CC1. The van der Waals surface area contributed by atoms with Gasteiger partial charge in [-0.05, 0) is 17.5 Å². The average molecular weight is 331 g/mol. The highest BCUT2D eigenvalue weighted by molar-refractivity contribution is 7.17. The van der Waals surface area contributed by atoms with Gasteiger partial charge < -0.3 is 10.0 Å². The van der Waals surface area contributed by atoms with Gasteiger partial charge in [-0.1, -0.05) is 32.4 Å². The van der Waals surface area contributed by atoms with Crippen LogP contribution in [-0.4, -0.2) is 59.6 Å². The molecule has 1 aromatic rings. The summed E-state index contributed by atoms with van der Waals surface area (Å²) in [5.74, 6) is 0.0583. The van der Waals surface area contributed by atoms with E-state index < -0.39 is 0 Å². The van der Waals surface area contributed by atoms with E-state index in [1.165, 1.54) is 11.3 Å². The third-order valence-corrected chi connectivity index (χ3v) is 5.09. The maximum Gasteiger partial charge on any atom is 0.264 e. The normalized spacial score (nSPS) is 18.8. The highest BCUT2D eigenvalue weighted by Crippen LogP contribution is 2.24. The zero-order valence-electron chi connectivity index (χ0n) is 12.8. The second-order valence-electron chi connectivity index (χ2n) is 6.58. The van der Waals surface area contributed by atoms with Crippen molar-refractivity contribution >= 4 is 28.8 Å². The van der Waals surface area contributed by atoms with Crippen molar-refractivity contribution < 1.29 is 9.90 Å². The van der Waals surface area contributed by atoms with Crippen LogP contribution in [0, 0.1) is 5.41 Å². The van der Waals surface area contributed by atoms with Crippen LogP contribution >= 0.6 is 22.9 Å². The third kappa shape index (κ3) is 4.42. The Morgan fingerprint density at radius 2 is 1.95 bits per heavy atom. The Balaban J connectivity index is 1.84. The molecule has 0 spiro atoms. The molecule has 1 aliphatic rings. The van der Waals surface area contributed by atoms with E-state index in [1.807, 2.05) is 25.7 Å². The lowest BCUT2D eigenvalue weighted by molar-refractivity contribution is 0.0137. The number of thiophene rings is 1. The predicted molar refractivity (Wildman–Crippen MR) is 87.1 cm³/mol. The molecule has 1 saturated heterocycles. The summed E-state index contributed by atoms with van der Waals surface area (Å²) < 4.78 is 0.644. The third-order valence-electron chi connectivity index (χ3n) is 3.87. The molecule has 1 aromatic heterocycles. The summed E-state index contributed by atoms with van der Waals surface area (Å²) in [7, 11) is 0. The fourth-order valence-corrected chi connectivity index (χ4v) is 3.25. The first kappa shape index (κ1) is 16.7. The number of carbonyl (C=O) groups is 1. The highest BCUT2D eigenvalue weighted by atomic mass is 35.5. The number of piperazine rings is 1. The zero-order chi connectivity index (χ0) is 15.6. The van der Waals surface area contributed by atoms with Crippen LogP contribution < -0.4 is 0 Å². The van der Waals surface area contributed by atoms with Crippen molar-refractivity contribution in [3.8, 4) is 0 Å². The van der Waals surface area contributed by atoms with Crippen molar-refractivity contribution in [1.29, 1.82) is 0 Å². The maximum atomic E-state index is 12.3. The molecule has 4 nitrogen and oxygen atoms in total. The smallest absolute Gasteiger partial charge is 0.264 e. The van der Waals surface area contributed by atoms with E-state index in [1.54, 1.807) is 12.1 Å². The molecule has 0 radical (unpaired) electrons. The van der Waals surface area contributed by atoms with Gasteiger partial charge in [0.1, 0.15) is 0 Å². The number of halogens is 1. The molecule has 0 bridgehead atoms. The minimum Gasteiger partial charge on any atom is -0.391 e. The first-order valence-electron chi connectivity index (χ1n) is 7.22. The Morgan fingerprint density at radius 1 is 1.33 bits per heavy atom. The molecule has 0 aromatic carbocycles. The van der Waals surface area contributed by atoms with Crippen LogP contribution in [0.2, 0.25) is 4.34 Å². The Hall–Kier alpha value is -0.620. The van der Waals surface area contributed by atoms with Crippen LogP contribution in [0.25, 0.3) is 0 Å². The number of hydrogen-bond donors (Lipinski definition) is 1. The molecule has 2 rings (SSSR count). The summed E-state index contributed by atoms with van der Waals surface area (Å²) in [6.07, 6.45) is -0.351. The first-order valence-corrected chi connectivity index (χ1v) is 8.42. The van der Waals surface area contributed by atoms with Gasteiger partial charge in [-0.15, -0.1) is 11.3 Å². The fourth-order valence-electron chi connectivity index (χ4n) is 2.24. The van der Waals surface area contributed by atoms with Gasteiger partial charge in [-0.3, -0.25) is 9.69 Å². The summed E-state index contributed by atoms with van der Waals surface area (Å²) in [5, 5.41) is 10.2. The lowest BCUT2D eigenvalue weighted by Crippen LogP contribution is -2.51.